The molecule has 4 nitrogen and oxygen atoms in total. The Kier molecular flexibility index (Phi) is 6.95. The van der Waals surface area contributed by atoms with Gasteiger partial charge in [-0.25, -0.2) is 0 Å². The summed E-state index contributed by atoms with van der Waals surface area (Å²) < 4.78 is 5.56. The first kappa shape index (κ1) is 20.1. The summed E-state index contributed by atoms with van der Waals surface area (Å²) >= 11 is 0. The Balaban J connectivity index is 1.84. The average Bonchev–Trinajstić information content (AvgIpc) is 2.59. The van der Waals surface area contributed by atoms with Crippen LogP contribution in [0.1, 0.15) is 46.8 Å². The Hall–Kier alpha value is -2.17. The molecule has 0 heterocycles. The van der Waals surface area contributed by atoms with E-state index in [-0.39, 0.29) is 19.0 Å². The van der Waals surface area contributed by atoms with Crippen LogP contribution < -0.4 is 10.5 Å². The van der Waals surface area contributed by atoms with Gasteiger partial charge in [0.2, 0.25) is 0 Å². The molecule has 0 bridgehead atoms. The van der Waals surface area contributed by atoms with Gasteiger partial charge in [-0.2, -0.15) is 0 Å². The maximum atomic E-state index is 12.3. The Morgan fingerprint density at radius 3 is 2.31 bits per heavy atom. The predicted molar refractivity (Wildman–Crippen MR) is 105 cm³/mol. The highest BCUT2D eigenvalue weighted by atomic mass is 16.5. The zero-order chi connectivity index (χ0) is 19.2. The van der Waals surface area contributed by atoms with Crippen molar-refractivity contribution in [1.82, 2.24) is 0 Å². The first-order valence-electron chi connectivity index (χ1n) is 9.02. The fraction of sp³-hybridized carbons (Fsp3) is 0.409. The number of carbonyl (C=O) groups excluding carboxylic acids is 1. The van der Waals surface area contributed by atoms with Crippen molar-refractivity contribution in [1.29, 1.82) is 0 Å². The van der Waals surface area contributed by atoms with E-state index in [9.17, 15) is 4.79 Å². The molecule has 4 heteroatoms. The van der Waals surface area contributed by atoms with Crippen LogP contribution in [0.4, 0.5) is 0 Å². The van der Waals surface area contributed by atoms with Crippen LogP contribution in [-0.4, -0.2) is 29.6 Å². The molecule has 0 aliphatic rings. The van der Waals surface area contributed by atoms with Gasteiger partial charge in [0.15, 0.2) is 5.78 Å². The highest BCUT2D eigenvalue weighted by Gasteiger charge is 2.18. The van der Waals surface area contributed by atoms with E-state index in [1.54, 1.807) is 31.2 Å². The highest BCUT2D eigenvalue weighted by molar-refractivity contribution is 5.96. The number of benzene rings is 2. The third kappa shape index (κ3) is 6.28. The quantitative estimate of drug-likeness (QED) is 0.674. The fourth-order valence-corrected chi connectivity index (χ4v) is 2.84. The summed E-state index contributed by atoms with van der Waals surface area (Å²) in [6.45, 7) is 5.98. The smallest absolute Gasteiger partial charge is 0.162 e. The molecule has 0 saturated carbocycles. The summed E-state index contributed by atoms with van der Waals surface area (Å²) in [5, 5.41) is 9.13. The molecule has 0 amide bonds. The normalized spacial score (nSPS) is 13.3. The van der Waals surface area contributed by atoms with Crippen LogP contribution >= 0.6 is 0 Å². The zero-order valence-corrected chi connectivity index (χ0v) is 15.9. The van der Waals surface area contributed by atoms with Gasteiger partial charge >= 0.3 is 0 Å². The van der Waals surface area contributed by atoms with E-state index in [1.165, 1.54) is 16.7 Å². The van der Waals surface area contributed by atoms with E-state index in [4.69, 9.17) is 15.6 Å². The van der Waals surface area contributed by atoms with Gasteiger partial charge in [0.25, 0.3) is 0 Å². The number of aliphatic hydroxyl groups excluding tert-OH is 1. The monoisotopic (exact) mass is 355 g/mol. The topological polar surface area (TPSA) is 72.5 Å². The van der Waals surface area contributed by atoms with Gasteiger partial charge in [-0.3, -0.25) is 4.79 Å². The number of aliphatic hydroxyl groups is 1. The summed E-state index contributed by atoms with van der Waals surface area (Å²) in [5.74, 6) is 0.779. The summed E-state index contributed by atoms with van der Waals surface area (Å²) in [5.41, 5.74) is 9.56. The Bertz CT molecular complexity index is 715. The van der Waals surface area contributed by atoms with Crippen LogP contribution in [0.2, 0.25) is 0 Å². The third-order valence-corrected chi connectivity index (χ3v) is 4.26. The molecule has 0 saturated heterocycles. The minimum atomic E-state index is -0.775. The number of carbonyl (C=O) groups is 1. The lowest BCUT2D eigenvalue weighted by atomic mass is 10.00. The Labute approximate surface area is 156 Å². The third-order valence-electron chi connectivity index (χ3n) is 4.26. The number of nitrogens with two attached hydrogens (primary N) is 1. The van der Waals surface area contributed by atoms with Crippen LogP contribution in [0, 0.1) is 13.8 Å². The average molecular weight is 355 g/mol. The number of aryl methyl sites for hydroxylation is 3. The van der Waals surface area contributed by atoms with Crippen molar-refractivity contribution >= 4 is 5.78 Å². The molecule has 0 aliphatic heterocycles. The fourth-order valence-electron chi connectivity index (χ4n) is 2.84. The number of rotatable bonds is 9. The zero-order valence-electron chi connectivity index (χ0n) is 15.9. The van der Waals surface area contributed by atoms with Crippen molar-refractivity contribution < 1.29 is 14.6 Å². The molecule has 140 valence electrons. The van der Waals surface area contributed by atoms with E-state index in [0.29, 0.717) is 17.7 Å². The maximum absolute atomic E-state index is 12.3. The maximum Gasteiger partial charge on any atom is 0.162 e. The first-order valence-corrected chi connectivity index (χ1v) is 9.02. The number of hydrogen-bond acceptors (Lipinski definition) is 4. The second kappa shape index (κ2) is 8.97. The lowest BCUT2D eigenvalue weighted by Crippen LogP contribution is -2.45. The molecule has 0 radical (unpaired) electrons. The minimum Gasteiger partial charge on any atom is -0.492 e. The van der Waals surface area contributed by atoms with E-state index >= 15 is 0 Å². The standard InChI is InChI=1S/C22H29NO3/c1-16-11-17(2)13-18(12-16)5-4-6-21(25)19-7-9-20(10-8-19)26-15-22(3,23)14-24/h7-13,24H,4-6,14-15,23H2,1-3H3. The van der Waals surface area contributed by atoms with Gasteiger partial charge in [0.1, 0.15) is 12.4 Å². The minimum absolute atomic E-state index is 0.139. The molecule has 1 unspecified atom stereocenters. The van der Waals surface area contributed by atoms with Crippen LogP contribution in [0.25, 0.3) is 0 Å². The van der Waals surface area contributed by atoms with Gasteiger partial charge in [0, 0.05) is 12.0 Å². The molecule has 2 aromatic carbocycles. The van der Waals surface area contributed by atoms with Gasteiger partial charge < -0.3 is 15.6 Å². The predicted octanol–water partition coefficient (Wildman–Crippen LogP) is 3.60. The van der Waals surface area contributed by atoms with Gasteiger partial charge in [-0.05, 0) is 63.4 Å². The number of hydrogen-bond donors (Lipinski definition) is 2. The van der Waals surface area contributed by atoms with E-state index < -0.39 is 5.54 Å². The Morgan fingerprint density at radius 2 is 1.73 bits per heavy atom. The molecule has 2 rings (SSSR count). The van der Waals surface area contributed by atoms with E-state index in [1.807, 2.05) is 0 Å². The van der Waals surface area contributed by atoms with Crippen molar-refractivity contribution in [3.63, 3.8) is 0 Å². The molecule has 1 atom stereocenters. The lowest BCUT2D eigenvalue weighted by Gasteiger charge is -2.21. The molecule has 26 heavy (non-hydrogen) atoms. The van der Waals surface area contributed by atoms with Crippen LogP contribution in [0.3, 0.4) is 0 Å². The summed E-state index contributed by atoms with van der Waals surface area (Å²) in [4.78, 5) is 12.3. The van der Waals surface area contributed by atoms with Gasteiger partial charge in [-0.1, -0.05) is 29.3 Å². The van der Waals surface area contributed by atoms with Crippen molar-refractivity contribution in [2.45, 2.75) is 45.6 Å². The van der Waals surface area contributed by atoms with Crippen molar-refractivity contribution in [2.24, 2.45) is 5.73 Å². The van der Waals surface area contributed by atoms with Gasteiger partial charge in [-0.15, -0.1) is 0 Å². The molecular weight excluding hydrogens is 326 g/mol. The van der Waals surface area contributed by atoms with E-state index in [2.05, 4.69) is 32.0 Å². The highest BCUT2D eigenvalue weighted by Crippen LogP contribution is 2.17. The largest absolute Gasteiger partial charge is 0.492 e. The van der Waals surface area contributed by atoms with Crippen LogP contribution in [0.15, 0.2) is 42.5 Å². The second-order valence-electron chi connectivity index (χ2n) is 7.40. The summed E-state index contributed by atoms with van der Waals surface area (Å²) in [7, 11) is 0. The molecular formula is C22H29NO3. The SMILES string of the molecule is Cc1cc(C)cc(CCCC(=O)c2ccc(OCC(C)(N)CO)cc2)c1. The molecule has 2 aromatic rings. The number of ketones is 1. The van der Waals surface area contributed by atoms with E-state index in [0.717, 1.165) is 12.8 Å². The first-order chi connectivity index (χ1) is 12.3. The second-order valence-corrected chi connectivity index (χ2v) is 7.40. The van der Waals surface area contributed by atoms with Crippen LogP contribution in [-0.2, 0) is 6.42 Å². The molecule has 0 aliphatic carbocycles. The molecule has 0 aromatic heterocycles. The Morgan fingerprint density at radius 1 is 1.12 bits per heavy atom. The van der Waals surface area contributed by atoms with Crippen molar-refractivity contribution in [3.05, 3.63) is 64.7 Å². The number of ether oxygens (including phenoxy) is 1. The summed E-state index contributed by atoms with van der Waals surface area (Å²) in [6, 6.07) is 13.6. The van der Waals surface area contributed by atoms with Gasteiger partial charge in [0.05, 0.1) is 12.1 Å². The number of Topliss-reactive ketones (excluding diaryl/α,β-unsaturated/α-hetero) is 1. The van der Waals surface area contributed by atoms with Crippen molar-refractivity contribution in [2.75, 3.05) is 13.2 Å². The molecule has 0 fully saturated rings. The molecule has 0 spiro atoms. The molecule has 3 N–H and O–H groups in total. The van der Waals surface area contributed by atoms with Crippen molar-refractivity contribution in [3.8, 4) is 5.75 Å². The van der Waals surface area contributed by atoms with Crippen LogP contribution in [0.5, 0.6) is 5.75 Å². The lowest BCUT2D eigenvalue weighted by molar-refractivity contribution is 0.0980. The summed E-state index contributed by atoms with van der Waals surface area (Å²) in [6.07, 6.45) is 2.27.